The molecule has 0 bridgehead atoms. The first-order chi connectivity index (χ1) is 10.8. The topological polar surface area (TPSA) is 105 Å². The summed E-state index contributed by atoms with van der Waals surface area (Å²) in [6.45, 7) is 1.36. The van der Waals surface area contributed by atoms with Crippen molar-refractivity contribution < 1.29 is 0 Å². The van der Waals surface area contributed by atoms with Crippen LogP contribution in [0.4, 0.5) is 17.3 Å². The first kappa shape index (κ1) is 14.6. The van der Waals surface area contributed by atoms with Gasteiger partial charge in [0.2, 0.25) is 0 Å². The molecular weight excluding hydrogens is 302 g/mol. The molecule has 5 N–H and O–H groups in total. The van der Waals surface area contributed by atoms with Gasteiger partial charge in [0.15, 0.2) is 11.5 Å². The van der Waals surface area contributed by atoms with Gasteiger partial charge < -0.3 is 16.4 Å². The lowest BCUT2D eigenvalue weighted by Crippen LogP contribution is -2.09. The maximum Gasteiger partial charge on any atom is 0.162 e. The highest BCUT2D eigenvalue weighted by molar-refractivity contribution is 6.30. The number of H-pyrrole nitrogens is 1. The summed E-state index contributed by atoms with van der Waals surface area (Å²) in [6.07, 6.45) is 2.34. The van der Waals surface area contributed by atoms with E-state index in [1.165, 1.54) is 6.33 Å². The van der Waals surface area contributed by atoms with Crippen molar-refractivity contribution in [2.45, 2.75) is 6.42 Å². The fraction of sp³-hybridized carbons (Fsp3) is 0.214. The number of hydrogen-bond acceptors (Lipinski definition) is 6. The Balaban J connectivity index is 1.93. The Morgan fingerprint density at radius 3 is 2.95 bits per heavy atom. The molecule has 0 aliphatic carbocycles. The lowest BCUT2D eigenvalue weighted by atomic mass is 10.3. The van der Waals surface area contributed by atoms with Crippen molar-refractivity contribution in [2.75, 3.05) is 23.7 Å². The highest BCUT2D eigenvalue weighted by Gasteiger charge is 2.12. The van der Waals surface area contributed by atoms with Crippen molar-refractivity contribution in [1.82, 2.24) is 20.2 Å². The van der Waals surface area contributed by atoms with Crippen LogP contribution in [0.25, 0.3) is 11.0 Å². The minimum Gasteiger partial charge on any atom is -0.368 e. The molecule has 0 atom stereocenters. The highest BCUT2D eigenvalue weighted by atomic mass is 35.5. The van der Waals surface area contributed by atoms with Crippen molar-refractivity contribution in [3.05, 3.63) is 35.6 Å². The maximum atomic E-state index is 6.01. The zero-order chi connectivity index (χ0) is 15.4. The van der Waals surface area contributed by atoms with Crippen LogP contribution in [0.15, 0.2) is 30.6 Å². The van der Waals surface area contributed by atoms with Crippen LogP contribution in [-0.4, -0.2) is 33.3 Å². The van der Waals surface area contributed by atoms with Gasteiger partial charge in [-0.1, -0.05) is 17.7 Å². The van der Waals surface area contributed by atoms with Gasteiger partial charge in [0.05, 0.1) is 0 Å². The molecule has 0 spiro atoms. The average molecular weight is 318 g/mol. The van der Waals surface area contributed by atoms with Gasteiger partial charge in [-0.2, -0.15) is 5.10 Å². The summed E-state index contributed by atoms with van der Waals surface area (Å²) in [4.78, 5) is 8.49. The molecule has 8 heteroatoms. The standard InChI is InChI=1S/C14H16ClN7/c15-9-3-1-4-10(7-9)20-12-11-13(17-6-2-5-16)21-22-14(11)19-8-18-12/h1,3-4,7-8H,2,5-6,16H2,(H3,17,18,19,20,21,22). The molecule has 0 saturated heterocycles. The van der Waals surface area contributed by atoms with E-state index in [0.717, 1.165) is 24.0 Å². The zero-order valence-corrected chi connectivity index (χ0v) is 12.6. The number of hydrogen-bond donors (Lipinski definition) is 4. The van der Waals surface area contributed by atoms with E-state index in [0.29, 0.717) is 28.9 Å². The number of fused-ring (bicyclic) bond motifs is 1. The molecule has 3 aromatic rings. The fourth-order valence-corrected chi connectivity index (χ4v) is 2.28. The number of nitrogens with two attached hydrogens (primary N) is 1. The van der Waals surface area contributed by atoms with Crippen LogP contribution < -0.4 is 16.4 Å². The van der Waals surface area contributed by atoms with Crippen molar-refractivity contribution in [1.29, 1.82) is 0 Å². The molecule has 0 fully saturated rings. The predicted octanol–water partition coefficient (Wildman–Crippen LogP) is 2.51. The number of nitrogens with zero attached hydrogens (tertiary/aromatic N) is 3. The molecule has 2 heterocycles. The zero-order valence-electron chi connectivity index (χ0n) is 11.8. The summed E-state index contributed by atoms with van der Waals surface area (Å²) in [6, 6.07) is 7.44. The van der Waals surface area contributed by atoms with Gasteiger partial charge in [-0.05, 0) is 31.2 Å². The van der Waals surface area contributed by atoms with Crippen molar-refractivity contribution in [3.8, 4) is 0 Å². The Morgan fingerprint density at radius 2 is 2.14 bits per heavy atom. The van der Waals surface area contributed by atoms with Gasteiger partial charge in [0, 0.05) is 17.3 Å². The second kappa shape index (κ2) is 6.59. The first-order valence-electron chi connectivity index (χ1n) is 6.93. The van der Waals surface area contributed by atoms with E-state index in [1.54, 1.807) is 0 Å². The van der Waals surface area contributed by atoms with E-state index in [-0.39, 0.29) is 0 Å². The monoisotopic (exact) mass is 317 g/mol. The third-order valence-electron chi connectivity index (χ3n) is 3.12. The van der Waals surface area contributed by atoms with Crippen LogP contribution in [0.3, 0.4) is 0 Å². The quantitative estimate of drug-likeness (QED) is 0.521. The Morgan fingerprint density at radius 1 is 1.23 bits per heavy atom. The number of halogens is 1. The first-order valence-corrected chi connectivity index (χ1v) is 7.31. The molecule has 0 aliphatic rings. The third-order valence-corrected chi connectivity index (χ3v) is 3.35. The van der Waals surface area contributed by atoms with Gasteiger partial charge in [0.25, 0.3) is 0 Å². The number of aromatic amines is 1. The van der Waals surface area contributed by atoms with Crippen LogP contribution in [0, 0.1) is 0 Å². The van der Waals surface area contributed by atoms with Crippen LogP contribution >= 0.6 is 11.6 Å². The highest BCUT2D eigenvalue weighted by Crippen LogP contribution is 2.28. The van der Waals surface area contributed by atoms with Gasteiger partial charge in [-0.15, -0.1) is 0 Å². The predicted molar refractivity (Wildman–Crippen MR) is 88.6 cm³/mol. The van der Waals surface area contributed by atoms with Gasteiger partial charge in [-0.25, -0.2) is 9.97 Å². The summed E-state index contributed by atoms with van der Waals surface area (Å²) in [5, 5.41) is 15.1. The molecule has 0 radical (unpaired) electrons. The normalized spacial score (nSPS) is 10.8. The summed E-state index contributed by atoms with van der Waals surface area (Å²) in [7, 11) is 0. The Bertz CT molecular complexity index is 771. The van der Waals surface area contributed by atoms with E-state index < -0.39 is 0 Å². The minimum absolute atomic E-state index is 0.624. The van der Waals surface area contributed by atoms with E-state index in [1.807, 2.05) is 24.3 Å². The van der Waals surface area contributed by atoms with Crippen molar-refractivity contribution >= 4 is 40.0 Å². The Hall–Kier alpha value is -2.38. The number of rotatable bonds is 6. The molecule has 3 rings (SSSR count). The number of aromatic nitrogens is 4. The minimum atomic E-state index is 0.624. The molecule has 0 aliphatic heterocycles. The van der Waals surface area contributed by atoms with E-state index in [4.69, 9.17) is 17.3 Å². The summed E-state index contributed by atoms with van der Waals surface area (Å²) < 4.78 is 0. The van der Waals surface area contributed by atoms with E-state index >= 15 is 0 Å². The molecule has 0 unspecified atom stereocenters. The van der Waals surface area contributed by atoms with Gasteiger partial charge in [-0.3, -0.25) is 5.10 Å². The van der Waals surface area contributed by atoms with E-state index in [9.17, 15) is 0 Å². The molecule has 0 saturated carbocycles. The molecule has 1 aromatic carbocycles. The molecular formula is C14H16ClN7. The number of benzene rings is 1. The third kappa shape index (κ3) is 3.10. The van der Waals surface area contributed by atoms with Crippen molar-refractivity contribution in [2.24, 2.45) is 5.73 Å². The molecule has 114 valence electrons. The van der Waals surface area contributed by atoms with Crippen LogP contribution in [-0.2, 0) is 0 Å². The maximum absolute atomic E-state index is 6.01. The van der Waals surface area contributed by atoms with Crippen LogP contribution in [0.5, 0.6) is 0 Å². The SMILES string of the molecule is NCCCNc1n[nH]c2ncnc(Nc3cccc(Cl)c3)c12. The smallest absolute Gasteiger partial charge is 0.162 e. The average Bonchev–Trinajstić information content (AvgIpc) is 2.92. The molecule has 22 heavy (non-hydrogen) atoms. The van der Waals surface area contributed by atoms with Crippen LogP contribution in [0.2, 0.25) is 5.02 Å². The number of anilines is 3. The van der Waals surface area contributed by atoms with Gasteiger partial charge in [0.1, 0.15) is 17.5 Å². The van der Waals surface area contributed by atoms with Crippen molar-refractivity contribution in [3.63, 3.8) is 0 Å². The molecule has 0 amide bonds. The number of nitrogens with one attached hydrogen (secondary N) is 3. The Kier molecular flexibility index (Phi) is 4.36. The lowest BCUT2D eigenvalue weighted by Gasteiger charge is -2.08. The Labute approximate surface area is 132 Å². The lowest BCUT2D eigenvalue weighted by molar-refractivity contribution is 0.869. The summed E-state index contributed by atoms with van der Waals surface area (Å²) in [5.74, 6) is 1.37. The summed E-state index contributed by atoms with van der Waals surface area (Å²) in [5.41, 5.74) is 7.02. The fourth-order valence-electron chi connectivity index (χ4n) is 2.09. The van der Waals surface area contributed by atoms with Crippen LogP contribution in [0.1, 0.15) is 6.42 Å². The molecule has 7 nitrogen and oxygen atoms in total. The second-order valence-corrected chi connectivity index (χ2v) is 5.16. The summed E-state index contributed by atoms with van der Waals surface area (Å²) >= 11 is 6.01. The van der Waals surface area contributed by atoms with E-state index in [2.05, 4.69) is 30.8 Å². The second-order valence-electron chi connectivity index (χ2n) is 4.72. The van der Waals surface area contributed by atoms with Gasteiger partial charge >= 0.3 is 0 Å². The largest absolute Gasteiger partial charge is 0.368 e. The molecule has 2 aromatic heterocycles.